The van der Waals surface area contributed by atoms with E-state index in [9.17, 15) is 4.79 Å². The van der Waals surface area contributed by atoms with E-state index in [1.54, 1.807) is 0 Å². The lowest BCUT2D eigenvalue weighted by Gasteiger charge is -2.51. The molecule has 188 valence electrons. The zero-order chi connectivity index (χ0) is 25.0. The molecule has 3 aliphatic carbocycles. The fourth-order valence-electron chi connectivity index (χ4n) is 4.71. The Bertz CT molecular complexity index is 858. The van der Waals surface area contributed by atoms with Gasteiger partial charge in [-0.3, -0.25) is 9.69 Å². The van der Waals surface area contributed by atoms with Gasteiger partial charge >= 0.3 is 0 Å². The monoisotopic (exact) mass is 467 g/mol. The molecule has 2 aliphatic heterocycles. The lowest BCUT2D eigenvalue weighted by atomic mass is 9.74. The highest BCUT2D eigenvalue weighted by Gasteiger charge is 2.41. The van der Waals surface area contributed by atoms with Crippen molar-refractivity contribution < 1.29 is 4.79 Å². The second-order valence-corrected chi connectivity index (χ2v) is 8.84. The summed E-state index contributed by atoms with van der Waals surface area (Å²) >= 11 is 0. The summed E-state index contributed by atoms with van der Waals surface area (Å²) in [6, 6.07) is 0. The van der Waals surface area contributed by atoms with E-state index in [-0.39, 0.29) is 6.17 Å². The number of carbonyl (C=O) groups is 1. The minimum atomic E-state index is 0.101. The summed E-state index contributed by atoms with van der Waals surface area (Å²) in [5.41, 5.74) is 10.6. The highest BCUT2D eigenvalue weighted by Crippen LogP contribution is 2.37. The molecule has 5 N–H and O–H groups in total. The van der Waals surface area contributed by atoms with Crippen LogP contribution in [0.4, 0.5) is 0 Å². The van der Waals surface area contributed by atoms with Gasteiger partial charge in [0.05, 0.1) is 11.4 Å². The minimum absolute atomic E-state index is 0.101. The smallest absolute Gasteiger partial charge is 0.150 e. The predicted octanol–water partition coefficient (Wildman–Crippen LogP) is 3.68. The van der Waals surface area contributed by atoms with Gasteiger partial charge in [0.1, 0.15) is 12.5 Å². The zero-order valence-corrected chi connectivity index (χ0v) is 21.8. The lowest BCUT2D eigenvalue weighted by molar-refractivity contribution is -0.104. The first-order valence-corrected chi connectivity index (χ1v) is 12.7. The number of nitrogens with two attached hydrogens (primary N) is 1. The van der Waals surface area contributed by atoms with Crippen LogP contribution in [0.5, 0.6) is 0 Å². The molecular weight excluding hydrogens is 422 g/mol. The Balaban J connectivity index is 0.000000244. The molecule has 2 heterocycles. The molecule has 0 aromatic heterocycles. The molecule has 0 aromatic carbocycles. The summed E-state index contributed by atoms with van der Waals surface area (Å²) in [5.74, 6) is 0. The third-order valence-corrected chi connectivity index (χ3v) is 6.91. The van der Waals surface area contributed by atoms with Gasteiger partial charge in [-0.2, -0.15) is 0 Å². The Hall–Kier alpha value is -2.41. The van der Waals surface area contributed by atoms with Crippen LogP contribution in [0.15, 0.2) is 70.6 Å². The Morgan fingerprint density at radius 3 is 2.50 bits per heavy atom. The van der Waals surface area contributed by atoms with E-state index >= 15 is 0 Å². The normalized spacial score (nSPS) is 24.3. The van der Waals surface area contributed by atoms with Gasteiger partial charge in [0.25, 0.3) is 0 Å². The summed E-state index contributed by atoms with van der Waals surface area (Å²) < 4.78 is 0. The molecule has 6 heteroatoms. The maximum Gasteiger partial charge on any atom is 0.150 e. The Kier molecular flexibility index (Phi) is 11.5. The van der Waals surface area contributed by atoms with Crippen LogP contribution in [0.2, 0.25) is 0 Å². The number of nitrogens with zero attached hydrogens (tertiary/aromatic N) is 1. The molecule has 1 spiro atoms. The number of aldehydes is 1. The fraction of sp³-hybridized carbons (Fsp3) is 0.536. The van der Waals surface area contributed by atoms with E-state index in [1.807, 2.05) is 38.2 Å². The first-order chi connectivity index (χ1) is 16.6. The number of nitrogens with one attached hydrogen (secondary N) is 3. The van der Waals surface area contributed by atoms with Crippen LogP contribution in [0.25, 0.3) is 0 Å². The van der Waals surface area contributed by atoms with Crippen LogP contribution in [0, 0.1) is 0 Å². The van der Waals surface area contributed by atoms with Gasteiger partial charge in [0, 0.05) is 30.7 Å². The van der Waals surface area contributed by atoms with Crippen molar-refractivity contribution >= 4 is 6.29 Å². The Morgan fingerprint density at radius 1 is 1.12 bits per heavy atom. The highest BCUT2D eigenvalue weighted by molar-refractivity contribution is 5.78. The minimum Gasteiger partial charge on any atom is -0.360 e. The fourth-order valence-corrected chi connectivity index (χ4v) is 4.71. The second kappa shape index (κ2) is 14.1. The summed E-state index contributed by atoms with van der Waals surface area (Å²) in [6.07, 6.45) is 21.4. The SMILES string of the molecule is CC.CC1=C2NC(C3=CC=C(C=O)C=CC3)NC2=CCC=C1.CN.CN1CCNCC12CCC2. The van der Waals surface area contributed by atoms with Crippen LogP contribution in [-0.4, -0.2) is 56.6 Å². The third kappa shape index (κ3) is 6.81. The number of hydrogen-bond donors (Lipinski definition) is 4. The largest absolute Gasteiger partial charge is 0.360 e. The van der Waals surface area contributed by atoms with Crippen LogP contribution < -0.4 is 21.7 Å². The van der Waals surface area contributed by atoms with Crippen molar-refractivity contribution in [3.05, 3.63) is 70.6 Å². The molecule has 3 fully saturated rings. The van der Waals surface area contributed by atoms with E-state index in [0.717, 1.165) is 19.1 Å². The number of fused-ring (bicyclic) bond motifs is 1. The predicted molar refractivity (Wildman–Crippen MR) is 144 cm³/mol. The Labute approximate surface area is 206 Å². The molecule has 0 radical (unpaired) electrons. The van der Waals surface area contributed by atoms with Gasteiger partial charge in [-0.15, -0.1) is 0 Å². The highest BCUT2D eigenvalue weighted by atomic mass is 16.1. The van der Waals surface area contributed by atoms with Crippen LogP contribution in [0.3, 0.4) is 0 Å². The maximum absolute atomic E-state index is 10.8. The third-order valence-electron chi connectivity index (χ3n) is 6.91. The van der Waals surface area contributed by atoms with Crippen LogP contribution in [0.1, 0.15) is 52.9 Å². The van der Waals surface area contributed by atoms with Crippen molar-refractivity contribution in [2.75, 3.05) is 33.7 Å². The van der Waals surface area contributed by atoms with Crippen molar-refractivity contribution in [2.45, 2.75) is 64.6 Å². The van der Waals surface area contributed by atoms with E-state index < -0.39 is 0 Å². The second-order valence-electron chi connectivity index (χ2n) is 8.84. The molecule has 5 rings (SSSR count). The van der Waals surface area contributed by atoms with Gasteiger partial charge < -0.3 is 21.7 Å². The average Bonchev–Trinajstić information content (AvgIpc) is 3.02. The van der Waals surface area contributed by atoms with E-state index in [1.165, 1.54) is 68.5 Å². The standard InChI is InChI=1S/C17H18N2O.C8H16N2.C2H6.CH5N/c1-12-5-2-3-8-15-16(12)19-17(18-15)14-7-4-6-13(11-20)9-10-14;1-10-6-5-9-7-8(10)3-2-4-8;2*1-2/h2,4-6,8-11,17-19H,3,7H2,1H3;9H,2-7H2,1H3;1-2H3;2H2,1H3. The average molecular weight is 468 g/mol. The summed E-state index contributed by atoms with van der Waals surface area (Å²) in [6.45, 7) is 9.76. The number of piperazine rings is 1. The first kappa shape index (κ1) is 27.8. The Morgan fingerprint density at radius 2 is 1.88 bits per heavy atom. The molecule has 6 nitrogen and oxygen atoms in total. The molecule has 1 saturated carbocycles. The summed E-state index contributed by atoms with van der Waals surface area (Å²) in [4.78, 5) is 13.4. The van der Waals surface area contributed by atoms with Gasteiger partial charge in [-0.05, 0) is 64.3 Å². The maximum atomic E-state index is 10.8. The van der Waals surface area contributed by atoms with Crippen molar-refractivity contribution in [3.8, 4) is 0 Å². The molecule has 5 aliphatic rings. The summed E-state index contributed by atoms with van der Waals surface area (Å²) in [7, 11) is 3.76. The molecule has 1 unspecified atom stereocenters. The van der Waals surface area contributed by atoms with Crippen molar-refractivity contribution in [3.63, 3.8) is 0 Å². The topological polar surface area (TPSA) is 82.4 Å². The van der Waals surface area contributed by atoms with Gasteiger partial charge in [0.15, 0.2) is 0 Å². The molecule has 2 saturated heterocycles. The van der Waals surface area contributed by atoms with Crippen molar-refractivity contribution in [1.82, 2.24) is 20.9 Å². The number of likely N-dealkylation sites (N-methyl/N-ethyl adjacent to an activating group) is 1. The number of allylic oxidation sites excluding steroid dienone is 9. The van der Waals surface area contributed by atoms with E-state index in [2.05, 4.69) is 58.8 Å². The molecule has 0 amide bonds. The van der Waals surface area contributed by atoms with Crippen molar-refractivity contribution in [1.29, 1.82) is 0 Å². The first-order valence-electron chi connectivity index (χ1n) is 12.7. The van der Waals surface area contributed by atoms with Crippen LogP contribution in [-0.2, 0) is 4.79 Å². The van der Waals surface area contributed by atoms with Crippen LogP contribution >= 0.6 is 0 Å². The number of rotatable bonds is 2. The van der Waals surface area contributed by atoms with Gasteiger partial charge in [-0.1, -0.05) is 56.4 Å². The van der Waals surface area contributed by atoms with Gasteiger partial charge in [0.2, 0.25) is 0 Å². The molecule has 34 heavy (non-hydrogen) atoms. The van der Waals surface area contributed by atoms with Crippen molar-refractivity contribution in [2.24, 2.45) is 5.73 Å². The van der Waals surface area contributed by atoms with E-state index in [0.29, 0.717) is 11.1 Å². The number of hydrogen-bond acceptors (Lipinski definition) is 6. The molecular formula is C28H45N5O. The molecule has 0 bridgehead atoms. The van der Waals surface area contributed by atoms with E-state index in [4.69, 9.17) is 0 Å². The summed E-state index contributed by atoms with van der Waals surface area (Å²) in [5, 5.41) is 10.5. The lowest BCUT2D eigenvalue weighted by Crippen LogP contribution is -2.63. The quantitative estimate of drug-likeness (QED) is 0.464. The van der Waals surface area contributed by atoms with Gasteiger partial charge in [-0.25, -0.2) is 0 Å². The molecule has 0 aromatic rings. The number of carbonyl (C=O) groups excluding carboxylic acids is 1. The zero-order valence-electron chi connectivity index (χ0n) is 21.8. The molecule has 1 atom stereocenters.